The highest BCUT2D eigenvalue weighted by atomic mass is 16.5. The minimum atomic E-state index is -0.612. The molecule has 0 radical (unpaired) electrons. The Labute approximate surface area is 161 Å². The van der Waals surface area contributed by atoms with Crippen molar-refractivity contribution in [3.63, 3.8) is 0 Å². The molecule has 7 heteroatoms. The van der Waals surface area contributed by atoms with Crippen molar-refractivity contribution in [2.75, 3.05) is 6.54 Å². The zero-order valence-corrected chi connectivity index (χ0v) is 16.2. The number of benzene rings is 1. The van der Waals surface area contributed by atoms with Crippen LogP contribution in [0.1, 0.15) is 51.5 Å². The van der Waals surface area contributed by atoms with Crippen molar-refractivity contribution in [3.05, 3.63) is 35.9 Å². The van der Waals surface area contributed by atoms with Crippen molar-refractivity contribution in [3.8, 4) is 0 Å². The summed E-state index contributed by atoms with van der Waals surface area (Å²) in [4.78, 5) is 34.8. The van der Waals surface area contributed by atoms with Crippen LogP contribution >= 0.6 is 0 Å². The molecule has 7 nitrogen and oxygen atoms in total. The Morgan fingerprint density at radius 1 is 1.07 bits per heavy atom. The first-order valence-corrected chi connectivity index (χ1v) is 9.41. The van der Waals surface area contributed by atoms with Gasteiger partial charge in [0, 0.05) is 13.0 Å². The van der Waals surface area contributed by atoms with Crippen LogP contribution in [0.5, 0.6) is 0 Å². The third-order valence-corrected chi connectivity index (χ3v) is 3.95. The third kappa shape index (κ3) is 10.9. The Kier molecular flexibility index (Phi) is 10.6. The highest BCUT2D eigenvalue weighted by Gasteiger charge is 2.18. The van der Waals surface area contributed by atoms with E-state index in [2.05, 4.69) is 10.6 Å². The Morgan fingerprint density at radius 3 is 2.41 bits per heavy atom. The molecule has 1 rings (SSSR count). The van der Waals surface area contributed by atoms with E-state index >= 15 is 0 Å². The molecule has 0 saturated heterocycles. The van der Waals surface area contributed by atoms with Gasteiger partial charge in [0.25, 0.3) is 0 Å². The molecule has 0 aliphatic heterocycles. The first kappa shape index (κ1) is 22.5. The van der Waals surface area contributed by atoms with Crippen LogP contribution in [0, 0.1) is 5.92 Å². The second-order valence-corrected chi connectivity index (χ2v) is 6.95. The zero-order valence-electron chi connectivity index (χ0n) is 16.2. The molecule has 27 heavy (non-hydrogen) atoms. The smallest absolute Gasteiger partial charge is 0.407 e. The first-order chi connectivity index (χ1) is 12.9. The molecule has 0 aromatic heterocycles. The van der Waals surface area contributed by atoms with Gasteiger partial charge in [0.1, 0.15) is 12.6 Å². The lowest BCUT2D eigenvalue weighted by atomic mass is 10.0. The minimum Gasteiger partial charge on any atom is -0.445 e. The predicted octanol–water partition coefficient (Wildman–Crippen LogP) is 2.49. The topological polar surface area (TPSA) is 111 Å². The average Bonchev–Trinajstić information content (AvgIpc) is 2.62. The van der Waals surface area contributed by atoms with Crippen LogP contribution in [0.25, 0.3) is 0 Å². The second-order valence-electron chi connectivity index (χ2n) is 6.95. The standard InChI is InChI=1S/C20H31N3O4/c1-15(2)13-17(19(21)25)23-18(24)11-7-4-8-12-22-20(26)27-14-16-9-5-3-6-10-16/h3,5-6,9-10,15,17H,4,7-8,11-14H2,1-2H3,(H2,21,25)(H,22,26)(H,23,24)/t17-/m1/s1. The number of carbonyl (C=O) groups excluding carboxylic acids is 3. The summed E-state index contributed by atoms with van der Waals surface area (Å²) in [5.41, 5.74) is 6.25. The van der Waals surface area contributed by atoms with Crippen LogP contribution in [0.15, 0.2) is 30.3 Å². The molecule has 0 unspecified atom stereocenters. The maximum Gasteiger partial charge on any atom is 0.407 e. The van der Waals surface area contributed by atoms with Crippen LogP contribution in [-0.4, -0.2) is 30.5 Å². The molecule has 1 aromatic carbocycles. The maximum absolute atomic E-state index is 11.9. The summed E-state index contributed by atoms with van der Waals surface area (Å²) in [6.07, 6.45) is 2.64. The van der Waals surface area contributed by atoms with E-state index in [0.29, 0.717) is 25.8 Å². The van der Waals surface area contributed by atoms with Gasteiger partial charge in [-0.2, -0.15) is 0 Å². The number of hydrogen-bond donors (Lipinski definition) is 3. The van der Waals surface area contributed by atoms with E-state index in [1.165, 1.54) is 0 Å². The number of unbranched alkanes of at least 4 members (excludes halogenated alkanes) is 2. The molecular weight excluding hydrogens is 346 g/mol. The Hall–Kier alpha value is -2.57. The second kappa shape index (κ2) is 12.7. The fourth-order valence-corrected chi connectivity index (χ4v) is 2.54. The summed E-state index contributed by atoms with van der Waals surface area (Å²) in [5, 5.41) is 5.37. The minimum absolute atomic E-state index is 0.172. The number of nitrogens with two attached hydrogens (primary N) is 1. The van der Waals surface area contributed by atoms with E-state index in [-0.39, 0.29) is 18.4 Å². The highest BCUT2D eigenvalue weighted by Crippen LogP contribution is 2.06. The number of nitrogens with one attached hydrogen (secondary N) is 2. The van der Waals surface area contributed by atoms with Gasteiger partial charge in [0.05, 0.1) is 0 Å². The molecule has 1 aromatic rings. The Balaban J connectivity index is 2.08. The van der Waals surface area contributed by atoms with Gasteiger partial charge >= 0.3 is 6.09 Å². The van der Waals surface area contributed by atoms with Gasteiger partial charge in [-0.3, -0.25) is 9.59 Å². The Bertz CT molecular complexity index is 590. The van der Waals surface area contributed by atoms with E-state index < -0.39 is 18.0 Å². The van der Waals surface area contributed by atoms with Crippen molar-refractivity contribution in [2.45, 2.75) is 58.6 Å². The van der Waals surface area contributed by atoms with Gasteiger partial charge in [0.2, 0.25) is 11.8 Å². The molecule has 0 fully saturated rings. The fraction of sp³-hybridized carbons (Fsp3) is 0.550. The molecule has 3 amide bonds. The number of primary amides is 1. The van der Waals surface area contributed by atoms with E-state index in [1.807, 2.05) is 44.2 Å². The molecule has 0 spiro atoms. The first-order valence-electron chi connectivity index (χ1n) is 9.41. The molecular formula is C20H31N3O4. The monoisotopic (exact) mass is 377 g/mol. The summed E-state index contributed by atoms with van der Waals surface area (Å²) in [6.45, 7) is 4.68. The third-order valence-electron chi connectivity index (χ3n) is 3.95. The lowest BCUT2D eigenvalue weighted by Gasteiger charge is -2.17. The molecule has 0 aliphatic rings. The summed E-state index contributed by atoms with van der Waals surface area (Å²) in [7, 11) is 0. The number of ether oxygens (including phenoxy) is 1. The molecule has 0 saturated carbocycles. The Morgan fingerprint density at radius 2 is 1.78 bits per heavy atom. The number of alkyl carbamates (subject to hydrolysis) is 1. The summed E-state index contributed by atoms with van der Waals surface area (Å²) < 4.78 is 5.11. The highest BCUT2D eigenvalue weighted by molar-refractivity contribution is 5.86. The predicted molar refractivity (Wildman–Crippen MR) is 104 cm³/mol. The average molecular weight is 377 g/mol. The van der Waals surface area contributed by atoms with Crippen molar-refractivity contribution in [1.29, 1.82) is 0 Å². The summed E-state index contributed by atoms with van der Waals surface area (Å²) in [5.74, 6) is -0.402. The van der Waals surface area contributed by atoms with Gasteiger partial charge in [-0.05, 0) is 30.7 Å². The van der Waals surface area contributed by atoms with Crippen molar-refractivity contribution >= 4 is 17.9 Å². The number of rotatable bonds is 12. The van der Waals surface area contributed by atoms with Gasteiger partial charge in [-0.25, -0.2) is 4.79 Å². The van der Waals surface area contributed by atoms with Crippen LogP contribution in [0.2, 0.25) is 0 Å². The normalized spacial score (nSPS) is 11.7. The van der Waals surface area contributed by atoms with Crippen molar-refractivity contribution < 1.29 is 19.1 Å². The van der Waals surface area contributed by atoms with Crippen LogP contribution in [-0.2, 0) is 20.9 Å². The van der Waals surface area contributed by atoms with Gasteiger partial charge in [-0.15, -0.1) is 0 Å². The largest absolute Gasteiger partial charge is 0.445 e. The number of amides is 3. The fourth-order valence-electron chi connectivity index (χ4n) is 2.54. The van der Waals surface area contributed by atoms with Gasteiger partial charge < -0.3 is 21.1 Å². The van der Waals surface area contributed by atoms with Crippen molar-refractivity contribution in [1.82, 2.24) is 10.6 Å². The van der Waals surface area contributed by atoms with Crippen LogP contribution in [0.3, 0.4) is 0 Å². The number of carbonyl (C=O) groups is 3. The number of hydrogen-bond acceptors (Lipinski definition) is 4. The van der Waals surface area contributed by atoms with E-state index in [1.54, 1.807) is 0 Å². The zero-order chi connectivity index (χ0) is 20.1. The van der Waals surface area contributed by atoms with Crippen LogP contribution in [0.4, 0.5) is 4.79 Å². The SMILES string of the molecule is CC(C)C[C@@H](NC(=O)CCCCCNC(=O)OCc1ccccc1)C(N)=O. The molecule has 0 aliphatic carbocycles. The molecule has 150 valence electrons. The molecule has 4 N–H and O–H groups in total. The van der Waals surface area contributed by atoms with E-state index in [4.69, 9.17) is 10.5 Å². The summed E-state index contributed by atoms with van der Waals surface area (Å²) in [6, 6.07) is 8.86. The lowest BCUT2D eigenvalue weighted by molar-refractivity contribution is -0.127. The summed E-state index contributed by atoms with van der Waals surface area (Å²) >= 11 is 0. The molecule has 0 bridgehead atoms. The van der Waals surface area contributed by atoms with Crippen molar-refractivity contribution in [2.24, 2.45) is 11.7 Å². The maximum atomic E-state index is 11.9. The molecule has 0 heterocycles. The van der Waals surface area contributed by atoms with Crippen LogP contribution < -0.4 is 16.4 Å². The quantitative estimate of drug-likeness (QED) is 0.486. The van der Waals surface area contributed by atoms with Gasteiger partial charge in [-0.1, -0.05) is 50.6 Å². The van der Waals surface area contributed by atoms with E-state index in [0.717, 1.165) is 18.4 Å². The van der Waals surface area contributed by atoms with Gasteiger partial charge in [0.15, 0.2) is 0 Å². The van der Waals surface area contributed by atoms with E-state index in [9.17, 15) is 14.4 Å². The lowest BCUT2D eigenvalue weighted by Crippen LogP contribution is -2.45. The molecule has 1 atom stereocenters.